The lowest BCUT2D eigenvalue weighted by Gasteiger charge is -2.16. The average Bonchev–Trinajstić information content (AvgIpc) is 2.70. The molecule has 1 saturated heterocycles. The van der Waals surface area contributed by atoms with Crippen LogP contribution in [0.25, 0.3) is 0 Å². The summed E-state index contributed by atoms with van der Waals surface area (Å²) in [4.78, 5) is 35.3. The van der Waals surface area contributed by atoms with Gasteiger partial charge in [0.2, 0.25) is 5.91 Å². The highest BCUT2D eigenvalue weighted by Crippen LogP contribution is 2.17. The molecule has 18 heavy (non-hydrogen) atoms. The van der Waals surface area contributed by atoms with Gasteiger partial charge in [0.1, 0.15) is 0 Å². The molecule has 0 spiro atoms. The van der Waals surface area contributed by atoms with E-state index in [0.29, 0.717) is 13.1 Å². The predicted molar refractivity (Wildman–Crippen MR) is 63.0 cm³/mol. The normalized spacial score (nSPS) is 19.2. The van der Waals surface area contributed by atoms with E-state index in [0.717, 1.165) is 0 Å². The number of likely N-dealkylation sites (tertiary alicyclic amines) is 1. The summed E-state index contributed by atoms with van der Waals surface area (Å²) in [6.07, 6.45) is 1.70. The molecule has 0 saturated carbocycles. The number of carboxylic acids is 1. The molecule has 1 atom stereocenters. The van der Waals surface area contributed by atoms with Crippen LogP contribution in [0.15, 0.2) is 29.2 Å². The molecule has 1 N–H and O–H groups in total. The van der Waals surface area contributed by atoms with Gasteiger partial charge in [-0.25, -0.2) is 0 Å². The Morgan fingerprint density at radius 2 is 2.11 bits per heavy atom. The maximum Gasteiger partial charge on any atom is 0.308 e. The Morgan fingerprint density at radius 1 is 1.33 bits per heavy atom. The summed E-state index contributed by atoms with van der Waals surface area (Å²) in [6, 6.07) is 4.85. The molecule has 2 heterocycles. The van der Waals surface area contributed by atoms with Gasteiger partial charge in [-0.2, -0.15) is 0 Å². The van der Waals surface area contributed by atoms with E-state index in [9.17, 15) is 14.4 Å². The number of carboxylic acid groups (broad SMARTS) is 1. The minimum absolute atomic E-state index is 0.0546. The number of nitrogens with zero attached hydrogens (tertiary/aromatic N) is 2. The van der Waals surface area contributed by atoms with Crippen molar-refractivity contribution < 1.29 is 14.7 Å². The van der Waals surface area contributed by atoms with Crippen LogP contribution in [0.3, 0.4) is 0 Å². The van der Waals surface area contributed by atoms with Gasteiger partial charge in [-0.3, -0.25) is 14.4 Å². The highest BCUT2D eigenvalue weighted by Gasteiger charge is 2.33. The fourth-order valence-electron chi connectivity index (χ4n) is 2.03. The number of aliphatic carboxylic acids is 1. The van der Waals surface area contributed by atoms with Gasteiger partial charge >= 0.3 is 5.97 Å². The van der Waals surface area contributed by atoms with Crippen LogP contribution in [-0.2, 0) is 16.1 Å². The molecule has 6 heteroatoms. The second-order valence-electron chi connectivity index (χ2n) is 4.31. The van der Waals surface area contributed by atoms with Gasteiger partial charge in [0.15, 0.2) is 0 Å². The predicted octanol–water partition coefficient (Wildman–Crippen LogP) is -0.219. The Morgan fingerprint density at radius 3 is 2.72 bits per heavy atom. The molecule has 1 aromatic heterocycles. The molecule has 1 amide bonds. The zero-order valence-electron chi connectivity index (χ0n) is 9.78. The molecule has 96 valence electrons. The van der Waals surface area contributed by atoms with E-state index in [-0.39, 0.29) is 24.4 Å². The van der Waals surface area contributed by atoms with Crippen LogP contribution >= 0.6 is 0 Å². The van der Waals surface area contributed by atoms with Gasteiger partial charge in [0, 0.05) is 38.3 Å². The average molecular weight is 250 g/mol. The molecule has 0 bridgehead atoms. The number of carbonyl (C=O) groups is 2. The molecule has 1 aliphatic heterocycles. The molecule has 1 fully saturated rings. The summed E-state index contributed by atoms with van der Waals surface area (Å²) >= 11 is 0. The third kappa shape index (κ3) is 2.58. The zero-order chi connectivity index (χ0) is 13.1. The van der Waals surface area contributed by atoms with Crippen molar-refractivity contribution >= 4 is 11.9 Å². The van der Waals surface area contributed by atoms with Gasteiger partial charge < -0.3 is 14.6 Å². The number of pyridine rings is 1. The van der Waals surface area contributed by atoms with Gasteiger partial charge in [-0.15, -0.1) is 0 Å². The molecular weight excluding hydrogens is 236 g/mol. The fourth-order valence-corrected chi connectivity index (χ4v) is 2.03. The van der Waals surface area contributed by atoms with Gasteiger partial charge in [-0.1, -0.05) is 6.07 Å². The number of hydrogen-bond donors (Lipinski definition) is 1. The van der Waals surface area contributed by atoms with Crippen molar-refractivity contribution in [3.05, 3.63) is 34.7 Å². The van der Waals surface area contributed by atoms with Crippen LogP contribution in [-0.4, -0.2) is 39.5 Å². The lowest BCUT2D eigenvalue weighted by molar-refractivity contribution is -0.141. The highest BCUT2D eigenvalue weighted by atomic mass is 16.4. The topological polar surface area (TPSA) is 79.6 Å². The molecule has 1 unspecified atom stereocenters. The number of rotatable bonds is 4. The van der Waals surface area contributed by atoms with E-state index in [2.05, 4.69) is 0 Å². The maximum absolute atomic E-state index is 11.6. The Kier molecular flexibility index (Phi) is 3.45. The van der Waals surface area contributed by atoms with Gasteiger partial charge in [0.25, 0.3) is 5.56 Å². The van der Waals surface area contributed by atoms with E-state index in [1.807, 2.05) is 0 Å². The maximum atomic E-state index is 11.6. The Balaban J connectivity index is 1.96. The van der Waals surface area contributed by atoms with Crippen LogP contribution in [0.1, 0.15) is 6.42 Å². The van der Waals surface area contributed by atoms with Crippen LogP contribution in [0.2, 0.25) is 0 Å². The molecule has 0 radical (unpaired) electrons. The largest absolute Gasteiger partial charge is 0.481 e. The van der Waals surface area contributed by atoms with Crippen LogP contribution in [0.4, 0.5) is 0 Å². The first-order valence-corrected chi connectivity index (χ1v) is 5.74. The summed E-state index contributed by atoms with van der Waals surface area (Å²) in [5.41, 5.74) is -0.126. The van der Waals surface area contributed by atoms with Crippen molar-refractivity contribution in [2.24, 2.45) is 5.92 Å². The molecular formula is C12H14N2O4. The van der Waals surface area contributed by atoms with Crippen molar-refractivity contribution in [3.63, 3.8) is 0 Å². The summed E-state index contributed by atoms with van der Waals surface area (Å²) < 4.78 is 1.50. The van der Waals surface area contributed by atoms with Gasteiger partial charge in [-0.05, 0) is 6.07 Å². The SMILES string of the molecule is O=C(O)C1CC(=O)N(CCn2ccccc2=O)C1. The van der Waals surface area contributed by atoms with Gasteiger partial charge in [0.05, 0.1) is 5.92 Å². The van der Waals surface area contributed by atoms with Crippen molar-refractivity contribution in [1.29, 1.82) is 0 Å². The van der Waals surface area contributed by atoms with E-state index < -0.39 is 11.9 Å². The summed E-state index contributed by atoms with van der Waals surface area (Å²) in [7, 11) is 0. The van der Waals surface area contributed by atoms with Crippen molar-refractivity contribution in [2.45, 2.75) is 13.0 Å². The third-order valence-corrected chi connectivity index (χ3v) is 3.07. The first-order chi connectivity index (χ1) is 8.58. The Hall–Kier alpha value is -2.11. The quantitative estimate of drug-likeness (QED) is 0.801. The number of aromatic nitrogens is 1. The molecule has 0 aliphatic carbocycles. The Labute approximate surface area is 103 Å². The van der Waals surface area contributed by atoms with Crippen molar-refractivity contribution in [1.82, 2.24) is 9.47 Å². The second kappa shape index (κ2) is 5.03. The van der Waals surface area contributed by atoms with Crippen LogP contribution < -0.4 is 5.56 Å². The lowest BCUT2D eigenvalue weighted by Crippen LogP contribution is -2.32. The van der Waals surface area contributed by atoms with Crippen LogP contribution in [0.5, 0.6) is 0 Å². The van der Waals surface area contributed by atoms with Crippen LogP contribution in [0, 0.1) is 5.92 Å². The van der Waals surface area contributed by atoms with Crippen molar-refractivity contribution in [2.75, 3.05) is 13.1 Å². The minimum atomic E-state index is -0.942. The lowest BCUT2D eigenvalue weighted by atomic mass is 10.1. The first kappa shape index (κ1) is 12.3. The minimum Gasteiger partial charge on any atom is -0.481 e. The Bertz CT molecular complexity index is 523. The number of amides is 1. The monoisotopic (exact) mass is 250 g/mol. The molecule has 0 aromatic carbocycles. The number of carbonyl (C=O) groups excluding carboxylic acids is 1. The molecule has 6 nitrogen and oxygen atoms in total. The standard InChI is InChI=1S/C12H14N2O4/c15-10-3-1-2-4-13(10)5-6-14-8-9(12(17)18)7-11(14)16/h1-4,9H,5-8H2,(H,17,18). The second-order valence-corrected chi connectivity index (χ2v) is 4.31. The van der Waals surface area contributed by atoms with Crippen molar-refractivity contribution in [3.8, 4) is 0 Å². The molecule has 2 rings (SSSR count). The zero-order valence-corrected chi connectivity index (χ0v) is 9.78. The summed E-state index contributed by atoms with van der Waals surface area (Å²) in [5.74, 6) is -1.72. The summed E-state index contributed by atoms with van der Waals surface area (Å²) in [6.45, 7) is 0.986. The van der Waals surface area contributed by atoms with E-state index in [1.54, 1.807) is 18.3 Å². The fraction of sp³-hybridized carbons (Fsp3) is 0.417. The van der Waals surface area contributed by atoms with E-state index in [1.165, 1.54) is 15.5 Å². The summed E-state index contributed by atoms with van der Waals surface area (Å²) in [5, 5.41) is 8.84. The smallest absolute Gasteiger partial charge is 0.308 e. The van der Waals surface area contributed by atoms with E-state index >= 15 is 0 Å². The molecule has 1 aliphatic rings. The third-order valence-electron chi connectivity index (χ3n) is 3.07. The number of hydrogen-bond acceptors (Lipinski definition) is 3. The van der Waals surface area contributed by atoms with E-state index in [4.69, 9.17) is 5.11 Å². The highest BCUT2D eigenvalue weighted by molar-refractivity contribution is 5.86. The first-order valence-electron chi connectivity index (χ1n) is 5.74. The molecule has 1 aromatic rings.